The molecule has 2 atom stereocenters. The summed E-state index contributed by atoms with van der Waals surface area (Å²) in [5, 5.41) is 3.38. The van der Waals surface area contributed by atoms with Crippen LogP contribution in [0, 0.1) is 11.8 Å². The van der Waals surface area contributed by atoms with E-state index in [1.54, 1.807) is 0 Å². The van der Waals surface area contributed by atoms with Crippen LogP contribution in [-0.4, -0.2) is 13.1 Å². The number of halogens is 1. The molecule has 9 heavy (non-hydrogen) atoms. The Labute approximate surface area is 68.0 Å². The number of hydrogen-bond donors (Lipinski definition) is 1. The van der Waals surface area contributed by atoms with Gasteiger partial charge in [0.05, 0.1) is 0 Å². The summed E-state index contributed by atoms with van der Waals surface area (Å²) in [5.41, 5.74) is 0. The number of nitrogens with one attached hydrogen (secondary N) is 1. The topological polar surface area (TPSA) is 12.0 Å². The molecule has 0 aliphatic carbocycles. The van der Waals surface area contributed by atoms with E-state index in [0.29, 0.717) is 0 Å². The van der Waals surface area contributed by atoms with Gasteiger partial charge in [0.15, 0.2) is 0 Å². The van der Waals surface area contributed by atoms with E-state index in [9.17, 15) is 0 Å². The third-order valence-corrected chi connectivity index (χ3v) is 1.79. The summed E-state index contributed by atoms with van der Waals surface area (Å²) in [7, 11) is 0. The highest BCUT2D eigenvalue weighted by atomic mass is 79.9. The maximum Gasteiger partial charge on any atom is -0.00229 e. The van der Waals surface area contributed by atoms with Crippen LogP contribution in [0.1, 0.15) is 20.3 Å². The normalized spacial score (nSPS) is 35.3. The van der Waals surface area contributed by atoms with E-state index in [4.69, 9.17) is 0 Å². The molecule has 0 aromatic rings. The average molecular weight is 194 g/mol. The molecule has 1 heterocycles. The Bertz CT molecular complexity index is 67.3. The van der Waals surface area contributed by atoms with Crippen molar-refractivity contribution in [3.63, 3.8) is 0 Å². The van der Waals surface area contributed by atoms with E-state index in [-0.39, 0.29) is 17.0 Å². The minimum atomic E-state index is 0. The van der Waals surface area contributed by atoms with Gasteiger partial charge in [-0.25, -0.2) is 0 Å². The van der Waals surface area contributed by atoms with Gasteiger partial charge in [-0.05, 0) is 31.3 Å². The molecule has 0 aromatic carbocycles. The molecule has 0 saturated carbocycles. The van der Waals surface area contributed by atoms with E-state index in [1.165, 1.54) is 19.5 Å². The van der Waals surface area contributed by atoms with Gasteiger partial charge in [0.2, 0.25) is 0 Å². The summed E-state index contributed by atoms with van der Waals surface area (Å²) in [6.07, 6.45) is 1.41. The van der Waals surface area contributed by atoms with Gasteiger partial charge in [0.1, 0.15) is 0 Å². The zero-order chi connectivity index (χ0) is 5.98. The molecule has 0 bridgehead atoms. The van der Waals surface area contributed by atoms with Gasteiger partial charge in [-0.1, -0.05) is 13.8 Å². The average Bonchev–Trinajstić information content (AvgIpc) is 1.64. The molecule has 2 unspecified atom stereocenters. The van der Waals surface area contributed by atoms with Crippen molar-refractivity contribution in [2.45, 2.75) is 20.3 Å². The van der Waals surface area contributed by atoms with Gasteiger partial charge < -0.3 is 5.32 Å². The monoisotopic (exact) mass is 193 g/mol. The van der Waals surface area contributed by atoms with Crippen molar-refractivity contribution in [2.24, 2.45) is 11.8 Å². The van der Waals surface area contributed by atoms with Gasteiger partial charge in [0, 0.05) is 0 Å². The van der Waals surface area contributed by atoms with Crippen molar-refractivity contribution < 1.29 is 0 Å². The first-order valence-electron chi connectivity index (χ1n) is 3.49. The molecule has 0 spiro atoms. The summed E-state index contributed by atoms with van der Waals surface area (Å²) in [4.78, 5) is 0. The van der Waals surface area contributed by atoms with E-state index in [2.05, 4.69) is 19.2 Å². The van der Waals surface area contributed by atoms with Gasteiger partial charge >= 0.3 is 0 Å². The van der Waals surface area contributed by atoms with E-state index in [1.807, 2.05) is 0 Å². The lowest BCUT2D eigenvalue weighted by Gasteiger charge is -2.24. The number of hydrogen-bond acceptors (Lipinski definition) is 1. The Kier molecular flexibility index (Phi) is 4.50. The highest BCUT2D eigenvalue weighted by Gasteiger charge is 2.12. The highest BCUT2D eigenvalue weighted by molar-refractivity contribution is 8.93. The van der Waals surface area contributed by atoms with Gasteiger partial charge in [0.25, 0.3) is 0 Å². The molecule has 1 rings (SSSR count). The summed E-state index contributed by atoms with van der Waals surface area (Å²) < 4.78 is 0. The Hall–Kier alpha value is 0.440. The Morgan fingerprint density at radius 3 is 1.78 bits per heavy atom. The van der Waals surface area contributed by atoms with Crippen molar-refractivity contribution >= 4 is 17.0 Å². The molecule has 56 valence electrons. The van der Waals surface area contributed by atoms with Crippen molar-refractivity contribution in [2.75, 3.05) is 13.1 Å². The van der Waals surface area contributed by atoms with Gasteiger partial charge in [-0.2, -0.15) is 0 Å². The molecule has 1 saturated heterocycles. The lowest BCUT2D eigenvalue weighted by Crippen LogP contribution is -2.33. The highest BCUT2D eigenvalue weighted by Crippen LogP contribution is 2.13. The first-order valence-corrected chi connectivity index (χ1v) is 3.49. The number of piperidine rings is 1. The molecule has 1 nitrogen and oxygen atoms in total. The van der Waals surface area contributed by atoms with Crippen LogP contribution in [0.5, 0.6) is 0 Å². The molecule has 1 aliphatic heterocycles. The maximum atomic E-state index is 3.38. The number of rotatable bonds is 0. The molecule has 2 heteroatoms. The predicted octanol–water partition coefficient (Wildman–Crippen LogP) is 1.83. The fourth-order valence-corrected chi connectivity index (χ4v) is 1.43. The Morgan fingerprint density at radius 2 is 1.56 bits per heavy atom. The standard InChI is InChI=1S/C7H15N.BrH/c1-6-3-7(2)5-8-4-6;/h6-8H,3-5H2,1-2H3;1H. The summed E-state index contributed by atoms with van der Waals surface area (Å²) in [6, 6.07) is 0. The molecule has 0 amide bonds. The van der Waals surface area contributed by atoms with Crippen LogP contribution in [0.15, 0.2) is 0 Å². The van der Waals surface area contributed by atoms with Crippen molar-refractivity contribution in [1.82, 2.24) is 5.32 Å². The SMILES string of the molecule is Br.CC1CNCC(C)C1. The van der Waals surface area contributed by atoms with E-state index >= 15 is 0 Å². The largest absolute Gasteiger partial charge is 0.316 e. The van der Waals surface area contributed by atoms with Crippen molar-refractivity contribution in [3.05, 3.63) is 0 Å². The van der Waals surface area contributed by atoms with Gasteiger partial charge in [-0.15, -0.1) is 17.0 Å². The fourth-order valence-electron chi connectivity index (χ4n) is 1.43. The zero-order valence-electron chi connectivity index (χ0n) is 6.18. The van der Waals surface area contributed by atoms with Crippen LogP contribution in [0.2, 0.25) is 0 Å². The Morgan fingerprint density at radius 1 is 1.11 bits per heavy atom. The molecule has 1 N–H and O–H groups in total. The fraction of sp³-hybridized carbons (Fsp3) is 1.00. The molecular weight excluding hydrogens is 178 g/mol. The second kappa shape index (κ2) is 4.29. The van der Waals surface area contributed by atoms with E-state index in [0.717, 1.165) is 11.8 Å². The lowest BCUT2D eigenvalue weighted by molar-refractivity contribution is 0.321. The second-order valence-electron chi connectivity index (χ2n) is 3.10. The van der Waals surface area contributed by atoms with Crippen LogP contribution < -0.4 is 5.32 Å². The van der Waals surface area contributed by atoms with Crippen LogP contribution in [0.3, 0.4) is 0 Å². The van der Waals surface area contributed by atoms with Gasteiger partial charge in [-0.3, -0.25) is 0 Å². The third-order valence-electron chi connectivity index (χ3n) is 1.79. The summed E-state index contributed by atoms with van der Waals surface area (Å²) >= 11 is 0. The quantitative estimate of drug-likeness (QED) is 0.620. The first-order chi connectivity index (χ1) is 3.79. The second-order valence-corrected chi connectivity index (χ2v) is 3.10. The molecule has 1 aliphatic rings. The van der Waals surface area contributed by atoms with E-state index < -0.39 is 0 Å². The lowest BCUT2D eigenvalue weighted by atomic mass is 9.94. The van der Waals surface area contributed by atoms with Crippen molar-refractivity contribution in [1.29, 1.82) is 0 Å². The molecule has 1 fully saturated rings. The maximum absolute atomic E-state index is 3.38. The van der Waals surface area contributed by atoms with Crippen LogP contribution >= 0.6 is 17.0 Å². The smallest absolute Gasteiger partial charge is 0.00229 e. The molecule has 0 radical (unpaired) electrons. The van der Waals surface area contributed by atoms with Crippen molar-refractivity contribution in [3.8, 4) is 0 Å². The van der Waals surface area contributed by atoms with Crippen LogP contribution in [-0.2, 0) is 0 Å². The summed E-state index contributed by atoms with van der Waals surface area (Å²) in [6.45, 7) is 7.07. The first kappa shape index (κ1) is 9.44. The molecule has 0 aromatic heterocycles. The summed E-state index contributed by atoms with van der Waals surface area (Å²) in [5.74, 6) is 1.80. The Balaban J connectivity index is 0.000000640. The van der Waals surface area contributed by atoms with Crippen LogP contribution in [0.4, 0.5) is 0 Å². The minimum absolute atomic E-state index is 0. The third kappa shape index (κ3) is 3.21. The van der Waals surface area contributed by atoms with Crippen LogP contribution in [0.25, 0.3) is 0 Å². The minimum Gasteiger partial charge on any atom is -0.316 e. The predicted molar refractivity (Wildman–Crippen MR) is 46.1 cm³/mol. The molecular formula is C7H16BrN. The zero-order valence-corrected chi connectivity index (χ0v) is 7.90.